The number of rotatable bonds is 4. The van der Waals surface area contributed by atoms with Crippen LogP contribution in [0.2, 0.25) is 10.0 Å². The Balaban J connectivity index is 1.78. The first-order valence-corrected chi connectivity index (χ1v) is 9.01. The predicted octanol–water partition coefficient (Wildman–Crippen LogP) is 4.50. The van der Waals surface area contributed by atoms with Crippen LogP contribution in [0.3, 0.4) is 0 Å². The Morgan fingerprint density at radius 2 is 1.93 bits per heavy atom. The van der Waals surface area contributed by atoms with Gasteiger partial charge in [-0.05, 0) is 36.0 Å². The van der Waals surface area contributed by atoms with Crippen molar-refractivity contribution in [2.45, 2.75) is 0 Å². The minimum absolute atomic E-state index is 0.0841. The molecule has 1 amide bonds. The van der Waals surface area contributed by atoms with Gasteiger partial charge in [0.1, 0.15) is 0 Å². The normalized spacial score (nSPS) is 17.0. The molecule has 0 unspecified atom stereocenters. The molecule has 27 heavy (non-hydrogen) atoms. The van der Waals surface area contributed by atoms with E-state index in [0.29, 0.717) is 21.2 Å². The van der Waals surface area contributed by atoms with Crippen molar-refractivity contribution in [3.05, 3.63) is 78.7 Å². The van der Waals surface area contributed by atoms with Crippen LogP contribution in [-0.4, -0.2) is 22.2 Å². The van der Waals surface area contributed by atoms with E-state index in [1.807, 2.05) is 0 Å². The van der Waals surface area contributed by atoms with Crippen LogP contribution < -0.4 is 5.32 Å². The Bertz CT molecular complexity index is 1020. The summed E-state index contributed by atoms with van der Waals surface area (Å²) in [6.07, 6.45) is 2.88. The maximum atomic E-state index is 12.1. The van der Waals surface area contributed by atoms with Crippen LogP contribution in [0.1, 0.15) is 11.1 Å². The molecule has 1 heterocycles. The molecule has 0 atom stereocenters. The number of carbonyl (C=O) groups is 1. The minimum atomic E-state index is -0.501. The topological polar surface area (TPSA) is 97.0 Å². The van der Waals surface area contributed by atoms with Crippen molar-refractivity contribution < 1.29 is 9.72 Å². The van der Waals surface area contributed by atoms with Crippen molar-refractivity contribution in [3.63, 3.8) is 0 Å². The fraction of sp³-hybridized carbons (Fsp3) is 0. The number of para-hydroxylation sites is 1. The monoisotopic (exact) mass is 420 g/mol. The van der Waals surface area contributed by atoms with Gasteiger partial charge in [0.05, 0.1) is 26.6 Å². The number of hydrogen-bond donors (Lipinski definition) is 1. The van der Waals surface area contributed by atoms with Crippen molar-refractivity contribution in [2.24, 2.45) is 10.2 Å². The molecule has 0 bridgehead atoms. The Labute approximate surface area is 167 Å². The lowest BCUT2D eigenvalue weighted by atomic mass is 10.1. The fourth-order valence-electron chi connectivity index (χ4n) is 2.14. The second-order valence-corrected chi connectivity index (χ2v) is 7.07. The molecule has 0 spiro atoms. The number of amides is 1. The average molecular weight is 421 g/mol. The molecule has 3 rings (SSSR count). The van der Waals surface area contributed by atoms with Gasteiger partial charge in [-0.3, -0.25) is 20.2 Å². The third-order valence-electron chi connectivity index (χ3n) is 3.38. The van der Waals surface area contributed by atoms with E-state index < -0.39 is 10.8 Å². The summed E-state index contributed by atoms with van der Waals surface area (Å²) in [5.41, 5.74) is 0.868. The number of amidine groups is 1. The van der Waals surface area contributed by atoms with Crippen LogP contribution in [0.5, 0.6) is 0 Å². The third-order valence-corrected chi connectivity index (χ3v) is 4.84. The molecular formula is C17H10Cl2N4O3S. The summed E-state index contributed by atoms with van der Waals surface area (Å²) in [5, 5.41) is 22.6. The van der Waals surface area contributed by atoms with Gasteiger partial charge in [-0.1, -0.05) is 41.4 Å². The quantitative estimate of drug-likeness (QED) is 0.340. The minimum Gasteiger partial charge on any atom is -0.299 e. The lowest BCUT2D eigenvalue weighted by molar-refractivity contribution is -0.385. The van der Waals surface area contributed by atoms with E-state index >= 15 is 0 Å². The highest BCUT2D eigenvalue weighted by molar-refractivity contribution is 8.18. The van der Waals surface area contributed by atoms with Crippen molar-refractivity contribution in [2.75, 3.05) is 0 Å². The molecule has 0 aliphatic carbocycles. The van der Waals surface area contributed by atoms with E-state index in [0.717, 1.165) is 11.8 Å². The van der Waals surface area contributed by atoms with Crippen LogP contribution in [0.25, 0.3) is 6.08 Å². The molecule has 1 aliphatic rings. The number of benzene rings is 2. The number of thioether (sulfide) groups is 1. The maximum Gasteiger partial charge on any atom is 0.276 e. The summed E-state index contributed by atoms with van der Waals surface area (Å²) >= 11 is 12.9. The van der Waals surface area contributed by atoms with Gasteiger partial charge in [0, 0.05) is 16.7 Å². The molecule has 1 fully saturated rings. The number of hydrogen-bond acceptors (Lipinski definition) is 6. The van der Waals surface area contributed by atoms with Gasteiger partial charge >= 0.3 is 0 Å². The summed E-state index contributed by atoms with van der Waals surface area (Å²) in [7, 11) is 0. The van der Waals surface area contributed by atoms with Gasteiger partial charge in [0.25, 0.3) is 11.6 Å². The zero-order valence-electron chi connectivity index (χ0n) is 13.4. The molecule has 7 nitrogen and oxygen atoms in total. The number of halogens is 2. The molecule has 0 aromatic heterocycles. The van der Waals surface area contributed by atoms with E-state index in [2.05, 4.69) is 15.5 Å². The first-order valence-electron chi connectivity index (χ1n) is 7.44. The highest BCUT2D eigenvalue weighted by Crippen LogP contribution is 2.29. The molecular weight excluding hydrogens is 411 g/mol. The summed E-state index contributed by atoms with van der Waals surface area (Å²) in [4.78, 5) is 22.9. The predicted molar refractivity (Wildman–Crippen MR) is 108 cm³/mol. The Hall–Kier alpha value is -2.68. The van der Waals surface area contributed by atoms with E-state index in [-0.39, 0.29) is 15.8 Å². The molecule has 136 valence electrons. The standard InChI is InChI=1S/C17H10Cl2N4O3S/c18-12-6-5-11(13(19)8-12)9-20-22-17-21-16(24)15(27-17)7-10-3-1-2-4-14(10)23(25)26/h1-9H,(H,21,22,24)/b15-7+,20-9+. The molecule has 0 saturated carbocycles. The number of nitrogens with one attached hydrogen (secondary N) is 1. The number of carbonyl (C=O) groups excluding carboxylic acids is 1. The Kier molecular flexibility index (Phi) is 5.90. The smallest absolute Gasteiger partial charge is 0.276 e. The summed E-state index contributed by atoms with van der Waals surface area (Å²) in [6, 6.07) is 11.1. The highest BCUT2D eigenvalue weighted by atomic mass is 35.5. The zero-order chi connectivity index (χ0) is 19.4. The van der Waals surface area contributed by atoms with Gasteiger partial charge in [-0.25, -0.2) is 0 Å². The first-order chi connectivity index (χ1) is 12.9. The van der Waals surface area contributed by atoms with Crippen LogP contribution in [0.4, 0.5) is 5.69 Å². The largest absolute Gasteiger partial charge is 0.299 e. The van der Waals surface area contributed by atoms with Gasteiger partial charge in [-0.15, -0.1) is 5.10 Å². The number of nitro benzene ring substituents is 1. The van der Waals surface area contributed by atoms with Crippen molar-refractivity contribution >= 4 is 64.0 Å². The second kappa shape index (κ2) is 8.34. The molecule has 0 radical (unpaired) electrons. The summed E-state index contributed by atoms with van der Waals surface area (Å²) in [6.45, 7) is 0. The maximum absolute atomic E-state index is 12.1. The molecule has 1 aliphatic heterocycles. The van der Waals surface area contributed by atoms with Crippen molar-refractivity contribution in [3.8, 4) is 0 Å². The molecule has 1 saturated heterocycles. The van der Waals surface area contributed by atoms with Crippen molar-refractivity contribution in [1.29, 1.82) is 0 Å². The van der Waals surface area contributed by atoms with Crippen molar-refractivity contribution in [1.82, 2.24) is 5.32 Å². The molecule has 2 aromatic rings. The second-order valence-electron chi connectivity index (χ2n) is 5.20. The Morgan fingerprint density at radius 1 is 1.15 bits per heavy atom. The van der Waals surface area contributed by atoms with Crippen LogP contribution in [0.15, 0.2) is 57.6 Å². The number of nitro groups is 1. The summed E-state index contributed by atoms with van der Waals surface area (Å²) < 4.78 is 0. The Morgan fingerprint density at radius 3 is 2.67 bits per heavy atom. The van der Waals surface area contributed by atoms with E-state index in [9.17, 15) is 14.9 Å². The van der Waals surface area contributed by atoms with E-state index in [1.54, 1.807) is 36.4 Å². The lowest BCUT2D eigenvalue weighted by Gasteiger charge is -1.97. The summed E-state index contributed by atoms with van der Waals surface area (Å²) in [5.74, 6) is -0.406. The van der Waals surface area contributed by atoms with Gasteiger partial charge in [0.15, 0.2) is 5.17 Å². The fourth-order valence-corrected chi connectivity index (χ4v) is 3.37. The van der Waals surface area contributed by atoms with Crippen LogP contribution in [-0.2, 0) is 4.79 Å². The lowest BCUT2D eigenvalue weighted by Crippen LogP contribution is -2.19. The molecule has 2 aromatic carbocycles. The SMILES string of the molecule is O=C1N/C(=N\N=C\c2ccc(Cl)cc2Cl)S/C1=C/c1ccccc1[N+](=O)[O-]. The van der Waals surface area contributed by atoms with Gasteiger partial charge in [0.2, 0.25) is 0 Å². The van der Waals surface area contributed by atoms with E-state index in [1.165, 1.54) is 18.4 Å². The highest BCUT2D eigenvalue weighted by Gasteiger charge is 2.25. The van der Waals surface area contributed by atoms with Gasteiger partial charge in [-0.2, -0.15) is 5.10 Å². The van der Waals surface area contributed by atoms with Gasteiger partial charge < -0.3 is 0 Å². The molecule has 10 heteroatoms. The van der Waals surface area contributed by atoms with Crippen LogP contribution >= 0.6 is 35.0 Å². The molecule has 1 N–H and O–H groups in total. The zero-order valence-corrected chi connectivity index (χ0v) is 15.8. The van der Waals surface area contributed by atoms with Crippen LogP contribution in [0, 0.1) is 10.1 Å². The average Bonchev–Trinajstić information content (AvgIpc) is 2.96. The van der Waals surface area contributed by atoms with E-state index in [4.69, 9.17) is 23.2 Å². The first kappa shape index (κ1) is 19.1. The number of nitrogens with zero attached hydrogens (tertiary/aromatic N) is 3. The third kappa shape index (κ3) is 4.73.